The smallest absolute Gasteiger partial charge is 0.00792 e. The first-order chi connectivity index (χ1) is 6.40. The van der Waals surface area contributed by atoms with Crippen LogP contribution < -0.4 is 16.0 Å². The number of hydrogen-bond donors (Lipinski definition) is 3. The molecule has 1 aliphatic carbocycles. The summed E-state index contributed by atoms with van der Waals surface area (Å²) in [5.41, 5.74) is 0. The number of nitrogens with one attached hydrogen (secondary N) is 3. The summed E-state index contributed by atoms with van der Waals surface area (Å²) >= 11 is 0. The van der Waals surface area contributed by atoms with Crippen LogP contribution in [0.4, 0.5) is 0 Å². The van der Waals surface area contributed by atoms with Crippen LogP contribution in [-0.2, 0) is 0 Å². The van der Waals surface area contributed by atoms with Gasteiger partial charge in [-0.3, -0.25) is 0 Å². The van der Waals surface area contributed by atoms with E-state index in [2.05, 4.69) is 16.0 Å². The maximum absolute atomic E-state index is 3.62. The van der Waals surface area contributed by atoms with E-state index in [9.17, 15) is 0 Å². The molecule has 0 spiro atoms. The van der Waals surface area contributed by atoms with Crippen molar-refractivity contribution in [2.24, 2.45) is 11.8 Å². The minimum Gasteiger partial charge on any atom is -0.318 e. The van der Waals surface area contributed by atoms with E-state index in [1.54, 1.807) is 0 Å². The Bertz CT molecular complexity index is 148. The molecular formula is C10H21N3. The van der Waals surface area contributed by atoms with Gasteiger partial charge in [0.2, 0.25) is 0 Å². The highest BCUT2D eigenvalue weighted by molar-refractivity contribution is 4.93. The predicted molar refractivity (Wildman–Crippen MR) is 54.8 cm³/mol. The lowest BCUT2D eigenvalue weighted by atomic mass is 10.0. The van der Waals surface area contributed by atoms with Gasteiger partial charge in [-0.15, -0.1) is 0 Å². The van der Waals surface area contributed by atoms with Crippen molar-refractivity contribution < 1.29 is 0 Å². The summed E-state index contributed by atoms with van der Waals surface area (Å²) in [5.74, 6) is 1.93. The van der Waals surface area contributed by atoms with E-state index in [1.807, 2.05) is 7.05 Å². The fourth-order valence-electron chi connectivity index (χ4n) is 2.73. The molecule has 0 amide bonds. The Kier molecular flexibility index (Phi) is 3.19. The Morgan fingerprint density at radius 1 is 1.15 bits per heavy atom. The Morgan fingerprint density at radius 3 is 2.46 bits per heavy atom. The molecule has 1 saturated heterocycles. The number of likely N-dealkylation sites (N-methyl/N-ethyl adjacent to an activating group) is 1. The van der Waals surface area contributed by atoms with Crippen LogP contribution in [0.25, 0.3) is 0 Å². The van der Waals surface area contributed by atoms with E-state index < -0.39 is 0 Å². The standard InChI is InChI=1S/C10H21N3/c1-11-2-3-13-10-4-8-6-12-7-9(8)5-10/h8-13H,2-7H2,1H3. The van der Waals surface area contributed by atoms with Crippen molar-refractivity contribution in [3.05, 3.63) is 0 Å². The van der Waals surface area contributed by atoms with Crippen molar-refractivity contribution in [2.45, 2.75) is 18.9 Å². The summed E-state index contributed by atoms with van der Waals surface area (Å²) in [7, 11) is 2.01. The van der Waals surface area contributed by atoms with Gasteiger partial charge in [0.05, 0.1) is 0 Å². The minimum atomic E-state index is 0.797. The molecular weight excluding hydrogens is 162 g/mol. The maximum atomic E-state index is 3.62. The predicted octanol–water partition coefficient (Wildman–Crippen LogP) is -0.207. The quantitative estimate of drug-likeness (QED) is 0.528. The van der Waals surface area contributed by atoms with Gasteiger partial charge >= 0.3 is 0 Å². The van der Waals surface area contributed by atoms with E-state index in [0.717, 1.165) is 31.0 Å². The maximum Gasteiger partial charge on any atom is 0.00792 e. The largest absolute Gasteiger partial charge is 0.318 e. The van der Waals surface area contributed by atoms with Gasteiger partial charge in [-0.25, -0.2) is 0 Å². The fraction of sp³-hybridized carbons (Fsp3) is 1.00. The summed E-state index contributed by atoms with van der Waals surface area (Å²) < 4.78 is 0. The summed E-state index contributed by atoms with van der Waals surface area (Å²) in [6.45, 7) is 4.72. The van der Waals surface area contributed by atoms with Crippen LogP contribution in [0.1, 0.15) is 12.8 Å². The third-order valence-corrected chi connectivity index (χ3v) is 3.46. The molecule has 2 atom stereocenters. The van der Waals surface area contributed by atoms with Crippen molar-refractivity contribution >= 4 is 0 Å². The zero-order valence-electron chi connectivity index (χ0n) is 8.47. The van der Waals surface area contributed by atoms with Gasteiger partial charge in [0.25, 0.3) is 0 Å². The van der Waals surface area contributed by atoms with Crippen molar-refractivity contribution in [3.8, 4) is 0 Å². The van der Waals surface area contributed by atoms with E-state index in [-0.39, 0.29) is 0 Å². The molecule has 3 heteroatoms. The number of rotatable bonds is 4. The summed E-state index contributed by atoms with van der Waals surface area (Å²) in [5, 5.41) is 10.3. The molecule has 0 aromatic rings. The van der Waals surface area contributed by atoms with Gasteiger partial charge in [-0.2, -0.15) is 0 Å². The molecule has 2 fully saturated rings. The molecule has 76 valence electrons. The average Bonchev–Trinajstić information content (AvgIpc) is 2.64. The van der Waals surface area contributed by atoms with E-state index in [4.69, 9.17) is 0 Å². The van der Waals surface area contributed by atoms with Gasteiger partial charge in [-0.05, 0) is 44.8 Å². The van der Waals surface area contributed by atoms with Gasteiger partial charge in [0, 0.05) is 19.1 Å². The second-order valence-corrected chi connectivity index (χ2v) is 4.40. The summed E-state index contributed by atoms with van der Waals surface area (Å²) in [4.78, 5) is 0. The van der Waals surface area contributed by atoms with Gasteiger partial charge < -0.3 is 16.0 Å². The highest BCUT2D eigenvalue weighted by Crippen LogP contribution is 2.34. The van der Waals surface area contributed by atoms with Crippen LogP contribution in [0.15, 0.2) is 0 Å². The fourth-order valence-corrected chi connectivity index (χ4v) is 2.73. The minimum absolute atomic E-state index is 0.797. The second kappa shape index (κ2) is 4.40. The molecule has 1 heterocycles. The Hall–Kier alpha value is -0.120. The van der Waals surface area contributed by atoms with Gasteiger partial charge in [-0.1, -0.05) is 0 Å². The molecule has 1 aliphatic heterocycles. The first-order valence-electron chi connectivity index (χ1n) is 5.49. The molecule has 0 aromatic heterocycles. The lowest BCUT2D eigenvalue weighted by molar-refractivity contribution is 0.483. The molecule has 1 saturated carbocycles. The highest BCUT2D eigenvalue weighted by atomic mass is 15.0. The lowest BCUT2D eigenvalue weighted by Crippen LogP contribution is -2.33. The van der Waals surface area contributed by atoms with Crippen molar-refractivity contribution in [2.75, 3.05) is 33.2 Å². The van der Waals surface area contributed by atoms with Crippen LogP contribution in [-0.4, -0.2) is 39.3 Å². The van der Waals surface area contributed by atoms with Crippen LogP contribution >= 0.6 is 0 Å². The van der Waals surface area contributed by atoms with Crippen molar-refractivity contribution in [1.29, 1.82) is 0 Å². The summed E-state index contributed by atoms with van der Waals surface area (Å²) in [6, 6.07) is 0.797. The Balaban J connectivity index is 1.67. The topological polar surface area (TPSA) is 36.1 Å². The number of hydrogen-bond acceptors (Lipinski definition) is 3. The van der Waals surface area contributed by atoms with Crippen LogP contribution in [0.3, 0.4) is 0 Å². The van der Waals surface area contributed by atoms with Crippen molar-refractivity contribution in [3.63, 3.8) is 0 Å². The second-order valence-electron chi connectivity index (χ2n) is 4.40. The Labute approximate surface area is 80.7 Å². The SMILES string of the molecule is CNCCNC1CC2CNCC2C1. The molecule has 13 heavy (non-hydrogen) atoms. The zero-order valence-corrected chi connectivity index (χ0v) is 8.47. The van der Waals surface area contributed by atoms with Gasteiger partial charge in [0.15, 0.2) is 0 Å². The molecule has 0 bridgehead atoms. The summed E-state index contributed by atoms with van der Waals surface area (Å²) in [6.07, 6.45) is 2.78. The number of fused-ring (bicyclic) bond motifs is 1. The first-order valence-corrected chi connectivity index (χ1v) is 5.49. The lowest BCUT2D eigenvalue weighted by Gasteiger charge is -2.13. The molecule has 0 radical (unpaired) electrons. The van der Waals surface area contributed by atoms with E-state index in [1.165, 1.54) is 25.9 Å². The van der Waals surface area contributed by atoms with Gasteiger partial charge in [0.1, 0.15) is 0 Å². The van der Waals surface area contributed by atoms with E-state index in [0.29, 0.717) is 0 Å². The first kappa shape index (κ1) is 9.44. The monoisotopic (exact) mass is 183 g/mol. The molecule has 2 unspecified atom stereocenters. The van der Waals surface area contributed by atoms with Crippen molar-refractivity contribution in [1.82, 2.24) is 16.0 Å². The van der Waals surface area contributed by atoms with Crippen LogP contribution in [0.2, 0.25) is 0 Å². The third kappa shape index (κ3) is 2.22. The zero-order chi connectivity index (χ0) is 9.10. The van der Waals surface area contributed by atoms with E-state index >= 15 is 0 Å². The van der Waals surface area contributed by atoms with Crippen LogP contribution in [0, 0.1) is 11.8 Å². The Morgan fingerprint density at radius 2 is 1.85 bits per heavy atom. The molecule has 0 aromatic carbocycles. The normalized spacial score (nSPS) is 38.1. The molecule has 2 rings (SSSR count). The molecule has 2 aliphatic rings. The average molecular weight is 183 g/mol. The molecule has 3 N–H and O–H groups in total. The third-order valence-electron chi connectivity index (χ3n) is 3.46. The molecule has 3 nitrogen and oxygen atoms in total. The highest BCUT2D eigenvalue weighted by Gasteiger charge is 2.36. The van der Waals surface area contributed by atoms with Crippen LogP contribution in [0.5, 0.6) is 0 Å².